The number of hydrogen-bond acceptors (Lipinski definition) is 2. The van der Waals surface area contributed by atoms with Crippen LogP contribution in [0.25, 0.3) is 76.9 Å². The summed E-state index contributed by atoms with van der Waals surface area (Å²) in [6, 6.07) is 71.7. The molecule has 0 radical (unpaired) electrons. The van der Waals surface area contributed by atoms with Crippen molar-refractivity contribution in [1.82, 2.24) is 0 Å². The summed E-state index contributed by atoms with van der Waals surface area (Å²) >= 11 is 0. The molecule has 10 rings (SSSR count). The number of rotatable bonds is 6. The number of nitrogens with zero attached hydrogens (tertiary/aromatic N) is 1. The molecule has 0 aliphatic carbocycles. The Morgan fingerprint density at radius 1 is 0.308 bits per heavy atom. The van der Waals surface area contributed by atoms with Gasteiger partial charge in [0.15, 0.2) is 0 Å². The fourth-order valence-electron chi connectivity index (χ4n) is 7.71. The molecular weight excluding hydrogens is 631 g/mol. The molecule has 0 atom stereocenters. The van der Waals surface area contributed by atoms with E-state index in [9.17, 15) is 0 Å². The number of para-hydroxylation sites is 2. The molecule has 0 aliphatic heterocycles. The van der Waals surface area contributed by atoms with Crippen LogP contribution in [0.2, 0.25) is 0 Å². The molecule has 1 heterocycles. The summed E-state index contributed by atoms with van der Waals surface area (Å²) in [6.07, 6.45) is 0. The van der Waals surface area contributed by atoms with Crippen LogP contribution in [-0.2, 0) is 0 Å². The number of hydrogen-bond donors (Lipinski definition) is 0. The number of anilines is 3. The van der Waals surface area contributed by atoms with E-state index in [-0.39, 0.29) is 0 Å². The van der Waals surface area contributed by atoms with Gasteiger partial charge in [0.2, 0.25) is 0 Å². The molecule has 2 heteroatoms. The topological polar surface area (TPSA) is 16.4 Å². The van der Waals surface area contributed by atoms with Gasteiger partial charge >= 0.3 is 0 Å². The molecular formula is C50H33NO. The highest BCUT2D eigenvalue weighted by Gasteiger charge is 2.19. The molecule has 0 fully saturated rings. The van der Waals surface area contributed by atoms with E-state index < -0.39 is 0 Å². The molecule has 10 aromatic rings. The van der Waals surface area contributed by atoms with Gasteiger partial charge in [-0.05, 0) is 116 Å². The fraction of sp³-hybridized carbons (Fsp3) is 0. The Balaban J connectivity index is 1.18. The van der Waals surface area contributed by atoms with Crippen molar-refractivity contribution in [2.45, 2.75) is 0 Å². The molecule has 0 N–H and O–H groups in total. The maximum atomic E-state index is 6.52. The van der Waals surface area contributed by atoms with Gasteiger partial charge in [0.25, 0.3) is 0 Å². The van der Waals surface area contributed by atoms with Crippen molar-refractivity contribution < 1.29 is 4.42 Å². The monoisotopic (exact) mass is 663 g/mol. The van der Waals surface area contributed by atoms with E-state index in [0.29, 0.717) is 0 Å². The number of furan rings is 1. The Morgan fingerprint density at radius 2 is 0.904 bits per heavy atom. The third kappa shape index (κ3) is 5.21. The zero-order valence-electron chi connectivity index (χ0n) is 28.4. The van der Waals surface area contributed by atoms with Gasteiger partial charge in [-0.3, -0.25) is 0 Å². The van der Waals surface area contributed by atoms with Crippen LogP contribution in [0, 0.1) is 0 Å². The lowest BCUT2D eigenvalue weighted by molar-refractivity contribution is 0.669. The molecule has 0 saturated carbocycles. The van der Waals surface area contributed by atoms with Crippen LogP contribution >= 0.6 is 0 Å². The van der Waals surface area contributed by atoms with Crippen molar-refractivity contribution >= 4 is 60.5 Å². The Hall–Kier alpha value is -6.90. The van der Waals surface area contributed by atoms with E-state index >= 15 is 0 Å². The molecule has 0 aliphatic rings. The predicted octanol–water partition coefficient (Wildman–Crippen LogP) is 14.4. The quantitative estimate of drug-likeness (QED) is 0.176. The maximum Gasteiger partial charge on any atom is 0.136 e. The second kappa shape index (κ2) is 12.5. The zero-order valence-corrected chi connectivity index (χ0v) is 28.4. The van der Waals surface area contributed by atoms with E-state index in [1.165, 1.54) is 43.8 Å². The molecule has 0 spiro atoms. The molecule has 2 nitrogen and oxygen atoms in total. The summed E-state index contributed by atoms with van der Waals surface area (Å²) in [7, 11) is 0. The van der Waals surface area contributed by atoms with Gasteiger partial charge in [0.1, 0.15) is 11.2 Å². The van der Waals surface area contributed by atoms with E-state index in [1.54, 1.807) is 0 Å². The highest BCUT2D eigenvalue weighted by Crippen LogP contribution is 2.44. The average molecular weight is 664 g/mol. The predicted molar refractivity (Wildman–Crippen MR) is 220 cm³/mol. The SMILES string of the molecule is c1ccc(-c2cccc(-c3cc4oc5ccccc5c4c4ccc(N(c5ccccc5)c5ccc6cc(-c7ccccc7)ccc6c5)cc34)c2)cc1. The van der Waals surface area contributed by atoms with Crippen molar-refractivity contribution in [3.05, 3.63) is 200 Å². The molecule has 0 bridgehead atoms. The lowest BCUT2D eigenvalue weighted by Gasteiger charge is -2.26. The van der Waals surface area contributed by atoms with Gasteiger partial charge in [-0.2, -0.15) is 0 Å². The largest absolute Gasteiger partial charge is 0.456 e. The first kappa shape index (κ1) is 30.0. The van der Waals surface area contributed by atoms with Gasteiger partial charge in [-0.25, -0.2) is 0 Å². The van der Waals surface area contributed by atoms with Crippen molar-refractivity contribution in [2.75, 3.05) is 4.90 Å². The molecule has 1 aromatic heterocycles. The smallest absolute Gasteiger partial charge is 0.136 e. The van der Waals surface area contributed by atoms with Crippen molar-refractivity contribution in [3.8, 4) is 33.4 Å². The average Bonchev–Trinajstić information content (AvgIpc) is 3.60. The third-order valence-corrected chi connectivity index (χ3v) is 10.2. The van der Waals surface area contributed by atoms with E-state index in [4.69, 9.17) is 4.42 Å². The normalized spacial score (nSPS) is 11.5. The van der Waals surface area contributed by atoms with Crippen molar-refractivity contribution in [3.63, 3.8) is 0 Å². The summed E-state index contributed by atoms with van der Waals surface area (Å²) in [5.74, 6) is 0. The Kier molecular flexibility index (Phi) is 7.18. The first-order valence-corrected chi connectivity index (χ1v) is 17.8. The molecule has 0 unspecified atom stereocenters. The lowest BCUT2D eigenvalue weighted by atomic mass is 9.92. The highest BCUT2D eigenvalue weighted by atomic mass is 16.3. The Morgan fingerprint density at radius 3 is 1.69 bits per heavy atom. The third-order valence-electron chi connectivity index (χ3n) is 10.2. The number of fused-ring (bicyclic) bond motifs is 6. The minimum atomic E-state index is 0.894. The molecule has 0 saturated heterocycles. The molecule has 244 valence electrons. The van der Waals surface area contributed by atoms with Crippen LogP contribution in [-0.4, -0.2) is 0 Å². The molecule has 9 aromatic carbocycles. The van der Waals surface area contributed by atoms with Crippen LogP contribution in [0.3, 0.4) is 0 Å². The summed E-state index contributed by atoms with van der Waals surface area (Å²) in [5, 5.41) is 7.04. The second-order valence-electron chi connectivity index (χ2n) is 13.4. The van der Waals surface area contributed by atoms with Crippen LogP contribution in [0.1, 0.15) is 0 Å². The summed E-state index contributed by atoms with van der Waals surface area (Å²) in [4.78, 5) is 2.37. The van der Waals surface area contributed by atoms with Gasteiger partial charge in [0.05, 0.1) is 0 Å². The standard InChI is InChI=1S/C50H33NO/c1-4-13-34(14-5-1)36-17-12-18-40(30-36)46-33-49-50(45-21-10-11-22-48(45)52-49)44-28-27-43(32-47(44)46)51(41-19-8-3-9-20-41)42-26-25-38-29-37(23-24-39(38)31-42)35-15-6-2-7-16-35/h1-33H. The van der Waals surface area contributed by atoms with E-state index in [2.05, 4.69) is 199 Å². The summed E-state index contributed by atoms with van der Waals surface area (Å²) in [6.45, 7) is 0. The first-order valence-electron chi connectivity index (χ1n) is 17.8. The summed E-state index contributed by atoms with van der Waals surface area (Å²) < 4.78 is 6.52. The maximum absolute atomic E-state index is 6.52. The van der Waals surface area contributed by atoms with Gasteiger partial charge in [-0.15, -0.1) is 0 Å². The van der Waals surface area contributed by atoms with Crippen LogP contribution in [0.5, 0.6) is 0 Å². The van der Waals surface area contributed by atoms with Gasteiger partial charge in [0, 0.05) is 27.8 Å². The van der Waals surface area contributed by atoms with Crippen LogP contribution in [0.15, 0.2) is 205 Å². The van der Waals surface area contributed by atoms with E-state index in [0.717, 1.165) is 50.1 Å². The fourth-order valence-corrected chi connectivity index (χ4v) is 7.71. The molecule has 0 amide bonds. The Bertz CT molecular complexity index is 2890. The van der Waals surface area contributed by atoms with Crippen LogP contribution < -0.4 is 4.90 Å². The minimum Gasteiger partial charge on any atom is -0.456 e. The Labute approximate surface area is 302 Å². The molecule has 52 heavy (non-hydrogen) atoms. The highest BCUT2D eigenvalue weighted by molar-refractivity contribution is 6.22. The van der Waals surface area contributed by atoms with Crippen molar-refractivity contribution in [1.29, 1.82) is 0 Å². The first-order chi connectivity index (χ1) is 25.8. The van der Waals surface area contributed by atoms with Crippen molar-refractivity contribution in [2.24, 2.45) is 0 Å². The minimum absolute atomic E-state index is 0.894. The zero-order chi connectivity index (χ0) is 34.4. The van der Waals surface area contributed by atoms with E-state index in [1.807, 2.05) is 6.07 Å². The van der Waals surface area contributed by atoms with Gasteiger partial charge in [-0.1, -0.05) is 140 Å². The lowest BCUT2D eigenvalue weighted by Crippen LogP contribution is -2.09. The van der Waals surface area contributed by atoms with Gasteiger partial charge < -0.3 is 9.32 Å². The number of benzene rings is 9. The summed E-state index contributed by atoms with van der Waals surface area (Å²) in [5.41, 5.74) is 12.2. The second-order valence-corrected chi connectivity index (χ2v) is 13.4. The van der Waals surface area contributed by atoms with Crippen LogP contribution in [0.4, 0.5) is 17.1 Å².